The topological polar surface area (TPSA) is 54.7 Å². The highest BCUT2D eigenvalue weighted by Crippen LogP contribution is 2.34. The van der Waals surface area contributed by atoms with E-state index < -0.39 is 6.10 Å². The van der Waals surface area contributed by atoms with Gasteiger partial charge in [0.2, 0.25) is 0 Å². The van der Waals surface area contributed by atoms with Crippen molar-refractivity contribution >= 4 is 0 Å². The number of aliphatic hydroxyl groups is 1. The van der Waals surface area contributed by atoms with Crippen LogP contribution in [0.2, 0.25) is 0 Å². The van der Waals surface area contributed by atoms with Crippen LogP contribution in [-0.2, 0) is 13.0 Å². The first-order valence-corrected chi connectivity index (χ1v) is 10.5. The molecule has 2 bridgehead atoms. The van der Waals surface area contributed by atoms with Crippen LogP contribution in [0, 0.1) is 12.8 Å². The maximum atomic E-state index is 12.2. The van der Waals surface area contributed by atoms with Gasteiger partial charge < -0.3 is 14.4 Å². The lowest BCUT2D eigenvalue weighted by molar-refractivity contribution is 0.0382. The summed E-state index contributed by atoms with van der Waals surface area (Å²) in [6.07, 6.45) is 3.19. The SMILES string of the molecule is C=CCc1cc(C)ccc1OC[C@@H](O)CN1C[C@H]2C[C@H](C1)c1cccc(=O)n1C2. The first-order valence-electron chi connectivity index (χ1n) is 10.5. The number of aromatic nitrogens is 1. The predicted octanol–water partition coefficient (Wildman–Crippen LogP) is 2.74. The Bertz CT molecular complexity index is 936. The molecule has 29 heavy (non-hydrogen) atoms. The summed E-state index contributed by atoms with van der Waals surface area (Å²) in [6, 6.07) is 11.7. The van der Waals surface area contributed by atoms with Crippen molar-refractivity contribution in [2.75, 3.05) is 26.2 Å². The third kappa shape index (κ3) is 4.46. The molecule has 0 amide bonds. The van der Waals surface area contributed by atoms with Crippen LogP contribution >= 0.6 is 0 Å². The van der Waals surface area contributed by atoms with E-state index in [-0.39, 0.29) is 12.2 Å². The number of aryl methyl sites for hydroxylation is 1. The van der Waals surface area contributed by atoms with E-state index in [1.165, 1.54) is 5.56 Å². The Morgan fingerprint density at radius 2 is 2.14 bits per heavy atom. The molecule has 1 aromatic carbocycles. The van der Waals surface area contributed by atoms with Crippen molar-refractivity contribution in [2.45, 2.75) is 38.3 Å². The zero-order valence-corrected chi connectivity index (χ0v) is 17.1. The van der Waals surface area contributed by atoms with Gasteiger partial charge in [-0.1, -0.05) is 29.8 Å². The van der Waals surface area contributed by atoms with Crippen LogP contribution < -0.4 is 10.3 Å². The minimum atomic E-state index is -0.551. The number of benzene rings is 1. The van der Waals surface area contributed by atoms with E-state index in [1.54, 1.807) is 6.07 Å². The minimum Gasteiger partial charge on any atom is -0.491 e. The largest absolute Gasteiger partial charge is 0.491 e. The van der Waals surface area contributed by atoms with E-state index in [0.29, 0.717) is 18.4 Å². The van der Waals surface area contributed by atoms with Crippen molar-refractivity contribution in [3.63, 3.8) is 0 Å². The van der Waals surface area contributed by atoms with Gasteiger partial charge in [-0.3, -0.25) is 9.69 Å². The van der Waals surface area contributed by atoms with Gasteiger partial charge in [-0.05, 0) is 43.4 Å². The molecule has 0 spiro atoms. The van der Waals surface area contributed by atoms with Crippen molar-refractivity contribution in [1.29, 1.82) is 0 Å². The van der Waals surface area contributed by atoms with E-state index >= 15 is 0 Å². The molecule has 3 heterocycles. The number of ether oxygens (including phenoxy) is 1. The summed E-state index contributed by atoms with van der Waals surface area (Å²) >= 11 is 0. The number of hydrogen-bond acceptors (Lipinski definition) is 4. The van der Waals surface area contributed by atoms with Gasteiger partial charge in [0, 0.05) is 43.9 Å². The van der Waals surface area contributed by atoms with Gasteiger partial charge in [0.1, 0.15) is 18.5 Å². The van der Waals surface area contributed by atoms with Crippen LogP contribution in [-0.4, -0.2) is 46.9 Å². The fourth-order valence-electron chi connectivity index (χ4n) is 4.85. The van der Waals surface area contributed by atoms with Gasteiger partial charge >= 0.3 is 0 Å². The van der Waals surface area contributed by atoms with Crippen molar-refractivity contribution in [3.05, 3.63) is 76.2 Å². The van der Waals surface area contributed by atoms with E-state index in [0.717, 1.165) is 49.5 Å². The summed E-state index contributed by atoms with van der Waals surface area (Å²) in [7, 11) is 0. The number of nitrogens with zero attached hydrogens (tertiary/aromatic N) is 2. The highest BCUT2D eigenvalue weighted by atomic mass is 16.5. The second-order valence-corrected chi connectivity index (χ2v) is 8.49. The predicted molar refractivity (Wildman–Crippen MR) is 115 cm³/mol. The zero-order chi connectivity index (χ0) is 20.4. The molecule has 1 saturated heterocycles. The number of β-amino-alcohol motifs (C(OH)–C–C–N with tert-alkyl or cyclic N) is 1. The maximum absolute atomic E-state index is 12.2. The van der Waals surface area contributed by atoms with Crippen LogP contribution in [0.15, 0.2) is 53.8 Å². The number of fused-ring (bicyclic) bond motifs is 4. The molecule has 2 aliphatic heterocycles. The number of likely N-dealkylation sites (tertiary alicyclic amines) is 1. The molecule has 2 aromatic rings. The number of allylic oxidation sites excluding steroid dienone is 1. The number of rotatable bonds is 7. The number of piperidine rings is 1. The molecule has 2 aliphatic rings. The molecular formula is C24H30N2O3. The Morgan fingerprint density at radius 1 is 1.28 bits per heavy atom. The smallest absolute Gasteiger partial charge is 0.250 e. The molecule has 3 atom stereocenters. The standard InChI is InChI=1S/C24H30N2O3/c1-3-5-19-10-17(2)8-9-23(19)29-16-21(27)15-25-12-18-11-20(14-25)22-6-4-7-24(28)26(22)13-18/h3-4,6-10,18,20-21,27H,1,5,11-16H2,2H3/t18-,20-,21+/m1/s1. The Kier molecular flexibility index (Phi) is 5.88. The number of aliphatic hydroxyl groups excluding tert-OH is 1. The molecule has 0 radical (unpaired) electrons. The van der Waals surface area contributed by atoms with E-state index in [1.807, 2.05) is 28.8 Å². The van der Waals surface area contributed by atoms with Crippen molar-refractivity contribution in [1.82, 2.24) is 9.47 Å². The first kappa shape index (κ1) is 19.9. The molecule has 1 aromatic heterocycles. The molecule has 5 heteroatoms. The van der Waals surface area contributed by atoms with Crippen molar-refractivity contribution in [2.24, 2.45) is 5.92 Å². The Balaban J connectivity index is 1.36. The lowest BCUT2D eigenvalue weighted by Gasteiger charge is -2.43. The molecule has 4 rings (SSSR count). The molecule has 0 aliphatic carbocycles. The van der Waals surface area contributed by atoms with Crippen LogP contribution in [0.25, 0.3) is 0 Å². The van der Waals surface area contributed by atoms with Crippen LogP contribution in [0.1, 0.15) is 29.2 Å². The zero-order valence-electron chi connectivity index (χ0n) is 17.1. The third-order valence-corrected chi connectivity index (χ3v) is 6.04. The van der Waals surface area contributed by atoms with E-state index in [9.17, 15) is 9.90 Å². The second-order valence-electron chi connectivity index (χ2n) is 8.49. The quantitative estimate of drug-likeness (QED) is 0.734. The van der Waals surface area contributed by atoms with E-state index in [2.05, 4.69) is 30.5 Å². The fourth-order valence-corrected chi connectivity index (χ4v) is 4.85. The Hall–Kier alpha value is -2.37. The maximum Gasteiger partial charge on any atom is 0.250 e. The number of hydrogen-bond donors (Lipinski definition) is 1. The highest BCUT2D eigenvalue weighted by molar-refractivity contribution is 5.38. The van der Waals surface area contributed by atoms with Gasteiger partial charge in [0.05, 0.1) is 0 Å². The van der Waals surface area contributed by atoms with E-state index in [4.69, 9.17) is 4.74 Å². The summed E-state index contributed by atoms with van der Waals surface area (Å²) in [5, 5.41) is 10.6. The van der Waals surface area contributed by atoms with Gasteiger partial charge in [-0.2, -0.15) is 0 Å². The molecule has 5 nitrogen and oxygen atoms in total. The summed E-state index contributed by atoms with van der Waals surface area (Å²) in [6.45, 7) is 9.31. The molecule has 1 N–H and O–H groups in total. The number of pyridine rings is 1. The molecular weight excluding hydrogens is 364 g/mol. The Labute approximate surface area is 172 Å². The van der Waals surface area contributed by atoms with Gasteiger partial charge in [-0.15, -0.1) is 6.58 Å². The van der Waals surface area contributed by atoms with Gasteiger partial charge in [0.25, 0.3) is 5.56 Å². The van der Waals surface area contributed by atoms with Crippen molar-refractivity contribution < 1.29 is 9.84 Å². The Morgan fingerprint density at radius 3 is 2.97 bits per heavy atom. The highest BCUT2D eigenvalue weighted by Gasteiger charge is 2.34. The molecule has 154 valence electrons. The second kappa shape index (κ2) is 8.56. The fraction of sp³-hybridized carbons (Fsp3) is 0.458. The summed E-state index contributed by atoms with van der Waals surface area (Å²) in [5.41, 5.74) is 3.53. The summed E-state index contributed by atoms with van der Waals surface area (Å²) < 4.78 is 7.88. The summed E-state index contributed by atoms with van der Waals surface area (Å²) in [5.74, 6) is 1.64. The lowest BCUT2D eigenvalue weighted by Crippen LogP contribution is -2.49. The van der Waals surface area contributed by atoms with Crippen LogP contribution in [0.4, 0.5) is 0 Å². The molecule has 0 saturated carbocycles. The monoisotopic (exact) mass is 394 g/mol. The van der Waals surface area contributed by atoms with Crippen LogP contribution in [0.3, 0.4) is 0 Å². The van der Waals surface area contributed by atoms with Crippen molar-refractivity contribution in [3.8, 4) is 5.75 Å². The van der Waals surface area contributed by atoms with Gasteiger partial charge in [0.15, 0.2) is 0 Å². The third-order valence-electron chi connectivity index (χ3n) is 6.04. The summed E-state index contributed by atoms with van der Waals surface area (Å²) in [4.78, 5) is 14.5. The normalized spacial score (nSPS) is 22.0. The van der Waals surface area contributed by atoms with Crippen LogP contribution in [0.5, 0.6) is 5.75 Å². The molecule has 1 fully saturated rings. The minimum absolute atomic E-state index is 0.104. The first-order chi connectivity index (χ1) is 14.0. The average molecular weight is 395 g/mol. The van der Waals surface area contributed by atoms with Gasteiger partial charge in [-0.25, -0.2) is 0 Å². The lowest BCUT2D eigenvalue weighted by atomic mass is 9.83. The molecule has 0 unspecified atom stereocenters. The average Bonchev–Trinajstić information content (AvgIpc) is 2.68.